The van der Waals surface area contributed by atoms with Crippen LogP contribution in [0.25, 0.3) is 11.1 Å². The average Bonchev–Trinajstić information content (AvgIpc) is 2.33. The maximum atomic E-state index is 9.28. The zero-order valence-corrected chi connectivity index (χ0v) is 9.64. The Morgan fingerprint density at radius 3 is 2.53 bits per heavy atom. The molecule has 0 bridgehead atoms. The number of nitrogen functional groups attached to an aromatic ring is 1. The Hall–Kier alpha value is -1.97. The molecule has 2 rings (SSSR count). The summed E-state index contributed by atoms with van der Waals surface area (Å²) >= 11 is 0. The molecule has 0 aliphatic heterocycles. The molecule has 1 aromatic heterocycles. The number of benzene rings is 1. The first-order valence-electron chi connectivity index (χ1n) is 5.45. The van der Waals surface area contributed by atoms with Gasteiger partial charge >= 0.3 is 0 Å². The van der Waals surface area contributed by atoms with Crippen molar-refractivity contribution in [3.05, 3.63) is 36.0 Å². The van der Waals surface area contributed by atoms with Crippen molar-refractivity contribution in [3.63, 3.8) is 0 Å². The number of pyridine rings is 1. The van der Waals surface area contributed by atoms with Crippen LogP contribution in [0.15, 0.2) is 30.5 Å². The van der Waals surface area contributed by atoms with Crippen LogP contribution in [0, 0.1) is 0 Å². The van der Waals surface area contributed by atoms with E-state index in [1.54, 1.807) is 30.5 Å². The van der Waals surface area contributed by atoms with Gasteiger partial charge in [-0.3, -0.25) is 0 Å². The number of aromatic hydroxyl groups is 1. The lowest BCUT2D eigenvalue weighted by molar-refractivity contribution is 0.475. The van der Waals surface area contributed by atoms with Crippen LogP contribution in [-0.4, -0.2) is 17.9 Å². The largest absolute Gasteiger partial charge is 0.508 e. The molecule has 2 aromatic rings. The Bertz CT molecular complexity index is 538. The lowest BCUT2D eigenvalue weighted by atomic mass is 9.86. The maximum absolute atomic E-state index is 9.28. The van der Waals surface area contributed by atoms with Gasteiger partial charge in [0.05, 0.1) is 0 Å². The van der Waals surface area contributed by atoms with E-state index < -0.39 is 0 Å². The average molecular weight is 224 g/mol. The van der Waals surface area contributed by atoms with Gasteiger partial charge in [-0.1, -0.05) is 24.5 Å². The highest BCUT2D eigenvalue weighted by Gasteiger charge is 2.11. The quantitative estimate of drug-likeness (QED) is 0.758. The van der Waals surface area contributed by atoms with E-state index in [0.29, 0.717) is 11.3 Å². The van der Waals surface area contributed by atoms with Crippen molar-refractivity contribution in [1.82, 2.24) is 4.98 Å². The molecule has 1 heterocycles. The molecule has 0 saturated carbocycles. The molecule has 0 aliphatic carbocycles. The number of anilines is 1. The smallest absolute Gasteiger partial charge is 0.131 e. The van der Waals surface area contributed by atoms with Crippen molar-refractivity contribution >= 4 is 19.1 Å². The Balaban J connectivity index is 2.65. The second kappa shape index (κ2) is 4.49. The first-order chi connectivity index (χ1) is 8.13. The molecule has 1 aromatic carbocycles. The molecule has 0 aliphatic rings. The van der Waals surface area contributed by atoms with Crippen LogP contribution in [0.3, 0.4) is 0 Å². The fraction of sp³-hybridized carbons (Fsp3) is 0.154. The molecule has 0 spiro atoms. The third kappa shape index (κ3) is 2.11. The van der Waals surface area contributed by atoms with E-state index in [-0.39, 0.29) is 5.75 Å². The SMILES string of the molecule is [B]c1cnc(N)c(-c2ccc(O)cc2)c1CC. The number of hydrogen-bond acceptors (Lipinski definition) is 3. The molecule has 17 heavy (non-hydrogen) atoms. The van der Waals surface area contributed by atoms with E-state index in [9.17, 15) is 5.11 Å². The van der Waals surface area contributed by atoms with E-state index in [1.165, 1.54) is 0 Å². The highest BCUT2D eigenvalue weighted by molar-refractivity contribution is 6.33. The highest BCUT2D eigenvalue weighted by Crippen LogP contribution is 2.28. The standard InChI is InChI=1S/C13H13BN2O/c1-2-10-11(14)7-16-13(15)12(10)8-3-5-9(17)6-4-8/h3-7,17H,2H2,1H3,(H2,15,16). The van der Waals surface area contributed by atoms with Crippen LogP contribution in [-0.2, 0) is 6.42 Å². The van der Waals surface area contributed by atoms with Gasteiger partial charge in [-0.15, -0.1) is 0 Å². The topological polar surface area (TPSA) is 59.1 Å². The van der Waals surface area contributed by atoms with Gasteiger partial charge in [0.1, 0.15) is 19.4 Å². The summed E-state index contributed by atoms with van der Waals surface area (Å²) in [6, 6.07) is 6.86. The summed E-state index contributed by atoms with van der Waals surface area (Å²) in [4.78, 5) is 4.08. The summed E-state index contributed by atoms with van der Waals surface area (Å²) in [5.74, 6) is 0.684. The van der Waals surface area contributed by atoms with E-state index in [1.807, 2.05) is 6.92 Å². The fourth-order valence-corrected chi connectivity index (χ4v) is 1.91. The zero-order valence-electron chi connectivity index (χ0n) is 9.64. The summed E-state index contributed by atoms with van der Waals surface area (Å²) < 4.78 is 0. The number of nitrogens with zero attached hydrogens (tertiary/aromatic N) is 1. The molecule has 3 N–H and O–H groups in total. The van der Waals surface area contributed by atoms with Gasteiger partial charge in [0, 0.05) is 11.8 Å². The third-order valence-corrected chi connectivity index (χ3v) is 2.76. The molecular weight excluding hydrogens is 211 g/mol. The van der Waals surface area contributed by atoms with Gasteiger partial charge in [-0.05, 0) is 29.7 Å². The number of aromatic nitrogens is 1. The van der Waals surface area contributed by atoms with Crippen molar-refractivity contribution in [1.29, 1.82) is 0 Å². The summed E-state index contributed by atoms with van der Waals surface area (Å²) in [5, 5.41) is 9.28. The number of phenols is 1. The van der Waals surface area contributed by atoms with Crippen molar-refractivity contribution in [3.8, 4) is 16.9 Å². The van der Waals surface area contributed by atoms with E-state index in [2.05, 4.69) is 4.98 Å². The zero-order chi connectivity index (χ0) is 12.4. The normalized spacial score (nSPS) is 10.4. The Morgan fingerprint density at radius 2 is 1.94 bits per heavy atom. The molecule has 0 unspecified atom stereocenters. The van der Waals surface area contributed by atoms with Gasteiger partial charge in [-0.25, -0.2) is 4.98 Å². The third-order valence-electron chi connectivity index (χ3n) is 2.76. The monoisotopic (exact) mass is 224 g/mol. The van der Waals surface area contributed by atoms with Gasteiger partial charge in [-0.2, -0.15) is 0 Å². The van der Waals surface area contributed by atoms with Crippen LogP contribution in [0.1, 0.15) is 12.5 Å². The molecule has 0 saturated heterocycles. The minimum atomic E-state index is 0.224. The highest BCUT2D eigenvalue weighted by atomic mass is 16.3. The minimum absolute atomic E-state index is 0.224. The van der Waals surface area contributed by atoms with E-state index in [4.69, 9.17) is 13.6 Å². The van der Waals surface area contributed by atoms with Gasteiger partial charge in [0.25, 0.3) is 0 Å². The van der Waals surface area contributed by atoms with Crippen molar-refractivity contribution in [2.45, 2.75) is 13.3 Å². The molecule has 0 atom stereocenters. The molecular formula is C13H13BN2O. The predicted molar refractivity (Wildman–Crippen MR) is 70.5 cm³/mol. The Kier molecular flexibility index (Phi) is 3.05. The molecule has 3 nitrogen and oxygen atoms in total. The number of rotatable bonds is 2. The second-order valence-electron chi connectivity index (χ2n) is 3.85. The summed E-state index contributed by atoms with van der Waals surface area (Å²) in [7, 11) is 5.90. The predicted octanol–water partition coefficient (Wildman–Crippen LogP) is 1.39. The molecule has 0 amide bonds. The van der Waals surface area contributed by atoms with Crippen LogP contribution in [0.2, 0.25) is 0 Å². The second-order valence-corrected chi connectivity index (χ2v) is 3.85. The van der Waals surface area contributed by atoms with Gasteiger partial charge in [0.15, 0.2) is 0 Å². The maximum Gasteiger partial charge on any atom is 0.131 e. The van der Waals surface area contributed by atoms with Gasteiger partial charge < -0.3 is 10.8 Å². The first-order valence-corrected chi connectivity index (χ1v) is 5.45. The van der Waals surface area contributed by atoms with Crippen LogP contribution >= 0.6 is 0 Å². The van der Waals surface area contributed by atoms with Crippen LogP contribution < -0.4 is 11.2 Å². The van der Waals surface area contributed by atoms with Crippen molar-refractivity contribution < 1.29 is 5.11 Å². The summed E-state index contributed by atoms with van der Waals surface area (Å²) in [6.07, 6.45) is 2.37. The summed E-state index contributed by atoms with van der Waals surface area (Å²) in [5.41, 5.74) is 9.31. The van der Waals surface area contributed by atoms with Crippen LogP contribution in [0.4, 0.5) is 5.82 Å². The fourth-order valence-electron chi connectivity index (χ4n) is 1.91. The number of phenolic OH excluding ortho intramolecular Hbond substituents is 1. The van der Waals surface area contributed by atoms with Crippen molar-refractivity contribution in [2.75, 3.05) is 5.73 Å². The van der Waals surface area contributed by atoms with Gasteiger partial charge in [0.2, 0.25) is 0 Å². The van der Waals surface area contributed by atoms with E-state index >= 15 is 0 Å². The lowest BCUT2D eigenvalue weighted by Gasteiger charge is -2.13. The Morgan fingerprint density at radius 1 is 1.29 bits per heavy atom. The molecule has 4 heteroatoms. The van der Waals surface area contributed by atoms with Crippen molar-refractivity contribution in [2.24, 2.45) is 0 Å². The lowest BCUT2D eigenvalue weighted by Crippen LogP contribution is -2.14. The first kappa shape index (κ1) is 11.5. The molecule has 0 fully saturated rings. The van der Waals surface area contributed by atoms with Crippen LogP contribution in [0.5, 0.6) is 5.75 Å². The molecule has 84 valence electrons. The number of hydrogen-bond donors (Lipinski definition) is 2. The number of nitrogens with two attached hydrogens (primary N) is 1. The Labute approximate surface area is 102 Å². The molecule has 2 radical (unpaired) electrons. The van der Waals surface area contributed by atoms with E-state index in [0.717, 1.165) is 23.1 Å². The minimum Gasteiger partial charge on any atom is -0.508 e. The summed E-state index contributed by atoms with van der Waals surface area (Å²) in [6.45, 7) is 2.02.